The van der Waals surface area contributed by atoms with Crippen molar-refractivity contribution < 1.29 is 9.90 Å². The standard InChI is InChI=1S/C14H12ClNO2/c1-7-11(14(17)18)12-9(15)3-2-4-10(12)16-13(7)8-5-6-8/h2-4,8H,5-6H2,1H3,(H,17,18). The molecular formula is C14H12ClNO2. The number of hydrogen-bond donors (Lipinski definition) is 1. The van der Waals surface area contributed by atoms with Gasteiger partial charge >= 0.3 is 5.97 Å². The minimum atomic E-state index is -0.935. The number of aromatic nitrogens is 1. The second kappa shape index (κ2) is 3.95. The van der Waals surface area contributed by atoms with E-state index in [0.717, 1.165) is 24.1 Å². The molecule has 92 valence electrons. The van der Waals surface area contributed by atoms with E-state index in [2.05, 4.69) is 4.98 Å². The number of nitrogens with zero attached hydrogens (tertiary/aromatic N) is 1. The monoisotopic (exact) mass is 261 g/mol. The second-order valence-corrected chi connectivity index (χ2v) is 5.12. The summed E-state index contributed by atoms with van der Waals surface area (Å²) in [6.45, 7) is 1.83. The molecule has 3 nitrogen and oxygen atoms in total. The SMILES string of the molecule is Cc1c(C2CC2)nc2cccc(Cl)c2c1C(=O)O. The molecule has 1 saturated carbocycles. The van der Waals surface area contributed by atoms with Gasteiger partial charge in [0.25, 0.3) is 0 Å². The van der Waals surface area contributed by atoms with Gasteiger partial charge in [0.1, 0.15) is 0 Å². The fourth-order valence-corrected chi connectivity index (χ4v) is 2.67. The largest absolute Gasteiger partial charge is 0.478 e. The van der Waals surface area contributed by atoms with Crippen LogP contribution in [-0.2, 0) is 0 Å². The Bertz CT molecular complexity index is 662. The third-order valence-corrected chi connectivity index (χ3v) is 3.73. The van der Waals surface area contributed by atoms with E-state index in [-0.39, 0.29) is 0 Å². The van der Waals surface area contributed by atoms with Crippen molar-refractivity contribution in [3.63, 3.8) is 0 Å². The Balaban J connectivity index is 2.43. The van der Waals surface area contributed by atoms with Crippen molar-refractivity contribution in [1.82, 2.24) is 4.98 Å². The molecule has 1 aromatic heterocycles. The van der Waals surface area contributed by atoms with Crippen molar-refractivity contribution in [1.29, 1.82) is 0 Å². The molecule has 0 radical (unpaired) electrons. The van der Waals surface area contributed by atoms with Crippen LogP contribution in [0.15, 0.2) is 18.2 Å². The number of carboxylic acids is 1. The normalized spacial score (nSPS) is 15.0. The van der Waals surface area contributed by atoms with Crippen LogP contribution in [0, 0.1) is 6.92 Å². The van der Waals surface area contributed by atoms with E-state index in [4.69, 9.17) is 11.6 Å². The zero-order valence-corrected chi connectivity index (χ0v) is 10.7. The number of halogens is 1. The van der Waals surface area contributed by atoms with E-state index in [9.17, 15) is 9.90 Å². The summed E-state index contributed by atoms with van der Waals surface area (Å²) in [5, 5.41) is 10.4. The topological polar surface area (TPSA) is 50.2 Å². The molecule has 1 heterocycles. The number of carbonyl (C=O) groups is 1. The van der Waals surface area contributed by atoms with Crippen LogP contribution < -0.4 is 0 Å². The zero-order valence-electron chi connectivity index (χ0n) is 9.90. The van der Waals surface area contributed by atoms with Crippen molar-refractivity contribution in [2.75, 3.05) is 0 Å². The molecule has 4 heteroatoms. The third kappa shape index (κ3) is 1.66. The van der Waals surface area contributed by atoms with Gasteiger partial charge in [-0.2, -0.15) is 0 Å². The first-order chi connectivity index (χ1) is 8.59. The molecule has 1 aromatic carbocycles. The minimum Gasteiger partial charge on any atom is -0.478 e. The van der Waals surface area contributed by atoms with Gasteiger partial charge in [0.2, 0.25) is 0 Å². The van der Waals surface area contributed by atoms with Gasteiger partial charge in [0.05, 0.1) is 16.1 Å². The van der Waals surface area contributed by atoms with Crippen LogP contribution in [0.3, 0.4) is 0 Å². The number of fused-ring (bicyclic) bond motifs is 1. The summed E-state index contributed by atoms with van der Waals surface area (Å²) < 4.78 is 0. The summed E-state index contributed by atoms with van der Waals surface area (Å²) in [4.78, 5) is 16.1. The molecule has 0 aliphatic heterocycles. The van der Waals surface area contributed by atoms with Gasteiger partial charge in [-0.25, -0.2) is 4.79 Å². The van der Waals surface area contributed by atoms with E-state index in [1.165, 1.54) is 0 Å². The fraction of sp³-hybridized carbons (Fsp3) is 0.286. The maximum atomic E-state index is 11.5. The van der Waals surface area contributed by atoms with Gasteiger partial charge in [-0.05, 0) is 37.5 Å². The molecule has 2 aromatic rings. The van der Waals surface area contributed by atoms with Crippen LogP contribution >= 0.6 is 11.6 Å². The first kappa shape index (κ1) is 11.5. The number of benzene rings is 1. The average Bonchev–Trinajstić information content (AvgIpc) is 3.13. The van der Waals surface area contributed by atoms with Gasteiger partial charge in [-0.1, -0.05) is 17.7 Å². The maximum absolute atomic E-state index is 11.5. The van der Waals surface area contributed by atoms with E-state index < -0.39 is 5.97 Å². The first-order valence-corrected chi connectivity index (χ1v) is 6.29. The number of hydrogen-bond acceptors (Lipinski definition) is 2. The number of aromatic carboxylic acids is 1. The van der Waals surface area contributed by atoms with Gasteiger partial charge in [0.15, 0.2) is 0 Å². The Labute approximate surface area is 109 Å². The van der Waals surface area contributed by atoms with E-state index in [1.807, 2.05) is 13.0 Å². The second-order valence-electron chi connectivity index (χ2n) is 4.71. The van der Waals surface area contributed by atoms with Crippen LogP contribution in [0.5, 0.6) is 0 Å². The highest BCUT2D eigenvalue weighted by molar-refractivity contribution is 6.36. The molecule has 0 atom stereocenters. The highest BCUT2D eigenvalue weighted by Crippen LogP contribution is 2.43. The van der Waals surface area contributed by atoms with Crippen molar-refractivity contribution in [3.8, 4) is 0 Å². The lowest BCUT2D eigenvalue weighted by Gasteiger charge is -2.12. The molecule has 0 bridgehead atoms. The number of carboxylic acid groups (broad SMARTS) is 1. The highest BCUT2D eigenvalue weighted by atomic mass is 35.5. The predicted molar refractivity (Wildman–Crippen MR) is 70.4 cm³/mol. The number of pyridine rings is 1. The third-order valence-electron chi connectivity index (χ3n) is 3.42. The molecular weight excluding hydrogens is 250 g/mol. The Hall–Kier alpha value is -1.61. The molecule has 3 rings (SSSR count). The number of rotatable bonds is 2. The summed E-state index contributed by atoms with van der Waals surface area (Å²) in [6.07, 6.45) is 2.19. The van der Waals surface area contributed by atoms with Gasteiger partial charge in [0, 0.05) is 17.0 Å². The quantitative estimate of drug-likeness (QED) is 0.895. The van der Waals surface area contributed by atoms with Crippen LogP contribution in [0.25, 0.3) is 10.9 Å². The summed E-state index contributed by atoms with van der Waals surface area (Å²) in [5.41, 5.74) is 2.65. The van der Waals surface area contributed by atoms with Crippen LogP contribution in [-0.4, -0.2) is 16.1 Å². The molecule has 18 heavy (non-hydrogen) atoms. The van der Waals surface area contributed by atoms with E-state index in [1.54, 1.807) is 12.1 Å². The molecule has 0 amide bonds. The van der Waals surface area contributed by atoms with Crippen molar-refractivity contribution in [2.45, 2.75) is 25.7 Å². The Morgan fingerprint density at radius 1 is 1.44 bits per heavy atom. The lowest BCUT2D eigenvalue weighted by molar-refractivity contribution is 0.0698. The summed E-state index contributed by atoms with van der Waals surface area (Å²) in [6, 6.07) is 5.32. The van der Waals surface area contributed by atoms with Crippen molar-refractivity contribution in [3.05, 3.63) is 40.0 Å². The Kier molecular flexibility index (Phi) is 2.52. The molecule has 0 saturated heterocycles. The van der Waals surface area contributed by atoms with E-state index in [0.29, 0.717) is 27.4 Å². The van der Waals surface area contributed by atoms with Crippen molar-refractivity contribution >= 4 is 28.5 Å². The molecule has 0 unspecified atom stereocenters. The molecule has 1 N–H and O–H groups in total. The maximum Gasteiger partial charge on any atom is 0.336 e. The molecule has 1 fully saturated rings. The fourth-order valence-electron chi connectivity index (χ4n) is 2.40. The lowest BCUT2D eigenvalue weighted by Crippen LogP contribution is -2.06. The molecule has 1 aliphatic rings. The minimum absolute atomic E-state index is 0.299. The van der Waals surface area contributed by atoms with Gasteiger partial charge in [-0.3, -0.25) is 4.98 Å². The van der Waals surface area contributed by atoms with Crippen LogP contribution in [0.1, 0.15) is 40.4 Å². The van der Waals surface area contributed by atoms with E-state index >= 15 is 0 Å². The lowest BCUT2D eigenvalue weighted by atomic mass is 9.99. The first-order valence-electron chi connectivity index (χ1n) is 5.91. The van der Waals surface area contributed by atoms with Crippen LogP contribution in [0.2, 0.25) is 5.02 Å². The average molecular weight is 262 g/mol. The Morgan fingerprint density at radius 3 is 2.78 bits per heavy atom. The van der Waals surface area contributed by atoms with Gasteiger partial charge in [-0.15, -0.1) is 0 Å². The Morgan fingerprint density at radius 2 is 2.17 bits per heavy atom. The highest BCUT2D eigenvalue weighted by Gasteiger charge is 2.30. The van der Waals surface area contributed by atoms with Crippen LogP contribution in [0.4, 0.5) is 0 Å². The van der Waals surface area contributed by atoms with Crippen molar-refractivity contribution in [2.24, 2.45) is 0 Å². The molecule has 0 spiro atoms. The van der Waals surface area contributed by atoms with Gasteiger partial charge < -0.3 is 5.11 Å². The summed E-state index contributed by atoms with van der Waals surface area (Å²) in [7, 11) is 0. The zero-order chi connectivity index (χ0) is 12.9. The predicted octanol–water partition coefficient (Wildman–Crippen LogP) is 3.77. The smallest absolute Gasteiger partial charge is 0.336 e. The summed E-state index contributed by atoms with van der Waals surface area (Å²) >= 11 is 6.12. The molecule has 1 aliphatic carbocycles. The summed E-state index contributed by atoms with van der Waals surface area (Å²) in [5.74, 6) is -0.513.